The summed E-state index contributed by atoms with van der Waals surface area (Å²) in [6.45, 7) is 0. The molecule has 0 atom stereocenters. The molecule has 0 aliphatic heterocycles. The van der Waals surface area contributed by atoms with Crippen LogP contribution in [0.1, 0.15) is 36.8 Å². The Hall–Kier alpha value is -1.90. The number of hydrogen-bond acceptors (Lipinski definition) is 4. The van der Waals surface area contributed by atoms with Gasteiger partial charge in [-0.05, 0) is 62.1 Å². The van der Waals surface area contributed by atoms with Gasteiger partial charge in [0.25, 0.3) is 0 Å². The molecule has 0 spiro atoms. The minimum absolute atomic E-state index is 0.331. The van der Waals surface area contributed by atoms with Gasteiger partial charge in [0.1, 0.15) is 4.90 Å². The quantitative estimate of drug-likeness (QED) is 0.468. The Labute approximate surface area is 201 Å². The normalized spacial score (nSPS) is 22.2. The zero-order chi connectivity index (χ0) is 26.4. The van der Waals surface area contributed by atoms with E-state index in [2.05, 4.69) is 4.72 Å². The van der Waals surface area contributed by atoms with Crippen LogP contribution in [0, 0.1) is 0 Å². The molecule has 1 saturated carbocycles. The Morgan fingerprint density at radius 1 is 0.857 bits per heavy atom. The van der Waals surface area contributed by atoms with Crippen molar-refractivity contribution in [2.75, 3.05) is 0 Å². The third-order valence-electron chi connectivity index (χ3n) is 5.56. The van der Waals surface area contributed by atoms with Gasteiger partial charge in [0, 0.05) is 6.04 Å². The molecule has 15 heteroatoms. The van der Waals surface area contributed by atoms with Gasteiger partial charge in [0.15, 0.2) is 0 Å². The van der Waals surface area contributed by atoms with Crippen LogP contribution in [0.25, 0.3) is 0 Å². The molecule has 35 heavy (non-hydrogen) atoms. The molecule has 3 rings (SSSR count). The number of sulfone groups is 1. The highest BCUT2D eigenvalue weighted by Crippen LogP contribution is 2.42. The Morgan fingerprint density at radius 2 is 1.40 bits per heavy atom. The molecule has 0 heterocycles. The molecular formula is C20H17ClF7NO4S2. The van der Waals surface area contributed by atoms with Crippen LogP contribution >= 0.6 is 11.6 Å². The van der Waals surface area contributed by atoms with Crippen LogP contribution in [0.5, 0.6) is 0 Å². The highest BCUT2D eigenvalue weighted by molar-refractivity contribution is 7.92. The molecule has 0 amide bonds. The number of hydrogen-bond donors (Lipinski definition) is 1. The van der Waals surface area contributed by atoms with Gasteiger partial charge >= 0.3 is 12.4 Å². The van der Waals surface area contributed by atoms with E-state index in [9.17, 15) is 43.2 Å². The maximum absolute atomic E-state index is 15.4. The summed E-state index contributed by atoms with van der Waals surface area (Å²) in [5.74, 6) is 0. The lowest BCUT2D eigenvalue weighted by molar-refractivity contribution is -0.138. The largest absolute Gasteiger partial charge is 0.416 e. The minimum atomic E-state index is -4.86. The van der Waals surface area contributed by atoms with Crippen molar-refractivity contribution in [1.82, 2.24) is 4.72 Å². The predicted molar refractivity (Wildman–Crippen MR) is 112 cm³/mol. The van der Waals surface area contributed by atoms with Crippen molar-refractivity contribution in [3.05, 3.63) is 58.6 Å². The van der Waals surface area contributed by atoms with Crippen LogP contribution in [0.4, 0.5) is 30.7 Å². The predicted octanol–water partition coefficient (Wildman–Crippen LogP) is 5.74. The van der Waals surface area contributed by atoms with Crippen LogP contribution < -0.4 is 4.72 Å². The van der Waals surface area contributed by atoms with Crippen LogP contribution in [-0.2, 0) is 32.2 Å². The minimum Gasteiger partial charge on any atom is -0.226 e. The van der Waals surface area contributed by atoms with Crippen molar-refractivity contribution in [2.45, 2.75) is 58.9 Å². The zero-order valence-corrected chi connectivity index (χ0v) is 19.8. The highest BCUT2D eigenvalue weighted by atomic mass is 35.5. The van der Waals surface area contributed by atoms with Gasteiger partial charge in [-0.15, -0.1) is 0 Å². The highest BCUT2D eigenvalue weighted by Gasteiger charge is 2.48. The average molecular weight is 568 g/mol. The standard InChI is InChI=1S/C20H17ClF7NO4S2/c21-16-11-13(20(26,27)28)4-5-17(16)35(32,33)29-14-6-8-18(22,9-7-14)34(30,31)15-3-1-2-12(10-15)19(23,24)25/h1-5,10-11,14,29H,6-9H2. The maximum atomic E-state index is 15.4. The molecule has 194 valence electrons. The number of nitrogens with one attached hydrogen (secondary N) is 1. The summed E-state index contributed by atoms with van der Waals surface area (Å²) >= 11 is 5.72. The summed E-state index contributed by atoms with van der Waals surface area (Å²) in [5.41, 5.74) is -2.43. The fraction of sp³-hybridized carbons (Fsp3) is 0.400. The topological polar surface area (TPSA) is 80.3 Å². The molecule has 0 saturated heterocycles. The Bertz CT molecular complexity index is 1320. The number of benzene rings is 2. The molecule has 0 unspecified atom stereocenters. The van der Waals surface area contributed by atoms with Crippen molar-refractivity contribution in [3.8, 4) is 0 Å². The van der Waals surface area contributed by atoms with E-state index in [-0.39, 0.29) is 12.8 Å². The van der Waals surface area contributed by atoms with Crippen molar-refractivity contribution < 1.29 is 47.6 Å². The molecule has 0 bridgehead atoms. The van der Waals surface area contributed by atoms with Crippen LogP contribution in [-0.4, -0.2) is 27.9 Å². The van der Waals surface area contributed by atoms with Crippen molar-refractivity contribution in [3.63, 3.8) is 0 Å². The maximum Gasteiger partial charge on any atom is 0.416 e. The van der Waals surface area contributed by atoms with E-state index < -0.39 is 82.0 Å². The summed E-state index contributed by atoms with van der Waals surface area (Å²) in [5, 5.41) is -3.64. The number of sulfonamides is 1. The van der Waals surface area contributed by atoms with Crippen LogP contribution in [0.15, 0.2) is 52.3 Å². The molecule has 0 aromatic heterocycles. The van der Waals surface area contributed by atoms with Gasteiger partial charge in [-0.3, -0.25) is 0 Å². The first-order valence-electron chi connectivity index (χ1n) is 9.87. The van der Waals surface area contributed by atoms with E-state index in [0.29, 0.717) is 30.3 Å². The molecule has 1 aliphatic rings. The monoisotopic (exact) mass is 567 g/mol. The Balaban J connectivity index is 1.76. The molecule has 1 fully saturated rings. The Kier molecular flexibility index (Phi) is 7.27. The van der Waals surface area contributed by atoms with Crippen LogP contribution in [0.3, 0.4) is 0 Å². The molecule has 2 aromatic carbocycles. The summed E-state index contributed by atoms with van der Waals surface area (Å²) in [6, 6.07) is 3.29. The van der Waals surface area contributed by atoms with Gasteiger partial charge < -0.3 is 0 Å². The second kappa shape index (κ2) is 9.20. The lowest BCUT2D eigenvalue weighted by Crippen LogP contribution is -2.45. The first kappa shape index (κ1) is 27.7. The lowest BCUT2D eigenvalue weighted by Gasteiger charge is -2.33. The summed E-state index contributed by atoms with van der Waals surface area (Å²) in [7, 11) is -9.31. The first-order chi connectivity index (χ1) is 15.9. The molecule has 0 radical (unpaired) electrons. The second-order valence-corrected chi connectivity index (χ2v) is 12.3. The molecule has 1 N–H and O–H groups in total. The first-order valence-corrected chi connectivity index (χ1v) is 13.2. The number of rotatable bonds is 5. The summed E-state index contributed by atoms with van der Waals surface area (Å²) in [4.78, 5) is -1.51. The third-order valence-corrected chi connectivity index (χ3v) is 9.81. The van der Waals surface area contributed by atoms with Crippen LogP contribution in [0.2, 0.25) is 5.02 Å². The van der Waals surface area contributed by atoms with Crippen molar-refractivity contribution >= 4 is 31.5 Å². The smallest absolute Gasteiger partial charge is 0.226 e. The summed E-state index contributed by atoms with van der Waals surface area (Å²) < 4.78 is 145. The fourth-order valence-corrected chi connectivity index (χ4v) is 7.25. The van der Waals surface area contributed by atoms with Gasteiger partial charge in [-0.1, -0.05) is 17.7 Å². The molecule has 2 aromatic rings. The lowest BCUT2D eigenvalue weighted by atomic mass is 9.94. The van der Waals surface area contributed by atoms with Crippen molar-refractivity contribution in [1.29, 1.82) is 0 Å². The molecular weight excluding hydrogens is 551 g/mol. The van der Waals surface area contributed by atoms with Gasteiger partial charge in [-0.25, -0.2) is 25.9 Å². The zero-order valence-electron chi connectivity index (χ0n) is 17.4. The number of halogens is 8. The van der Waals surface area contributed by atoms with Gasteiger partial charge in [-0.2, -0.15) is 26.3 Å². The second-order valence-electron chi connectivity index (χ2n) is 7.95. The third kappa shape index (κ3) is 5.75. The SMILES string of the molecule is O=S(=O)(NC1CCC(F)(S(=O)(=O)c2cccc(C(F)(F)F)c2)CC1)c1ccc(C(F)(F)F)cc1Cl. The molecule has 1 aliphatic carbocycles. The van der Waals surface area contributed by atoms with E-state index >= 15 is 4.39 Å². The van der Waals surface area contributed by atoms with E-state index in [0.717, 1.165) is 12.1 Å². The van der Waals surface area contributed by atoms with Gasteiger partial charge in [0.2, 0.25) is 24.9 Å². The average Bonchev–Trinajstić information content (AvgIpc) is 2.74. The van der Waals surface area contributed by atoms with E-state index in [1.54, 1.807) is 0 Å². The van der Waals surface area contributed by atoms with E-state index in [1.165, 1.54) is 0 Å². The van der Waals surface area contributed by atoms with E-state index in [4.69, 9.17) is 11.6 Å². The van der Waals surface area contributed by atoms with Gasteiger partial charge in [0.05, 0.1) is 21.0 Å². The molecule has 5 nitrogen and oxygen atoms in total. The number of alkyl halides is 7. The van der Waals surface area contributed by atoms with E-state index in [1.807, 2.05) is 0 Å². The Morgan fingerprint density at radius 3 is 1.91 bits per heavy atom. The summed E-state index contributed by atoms with van der Waals surface area (Å²) in [6.07, 6.45) is -11.7. The van der Waals surface area contributed by atoms with Crippen molar-refractivity contribution in [2.24, 2.45) is 0 Å². The fourth-order valence-electron chi connectivity index (χ4n) is 3.66.